The molecule has 0 bridgehead atoms. The Bertz CT molecular complexity index is 984. The van der Waals surface area contributed by atoms with Gasteiger partial charge in [0.15, 0.2) is 11.6 Å². The summed E-state index contributed by atoms with van der Waals surface area (Å²) in [6.07, 6.45) is 3.47. The van der Waals surface area contributed by atoms with E-state index >= 15 is 0 Å². The van der Waals surface area contributed by atoms with Gasteiger partial charge in [-0.25, -0.2) is 20.0 Å². The standard InChI is InChI=1S/C24H18N4/c1-3-11-19(12-4-1)23(27-21-15-7-9-17-25-21)24(20-13-5-2-6-14-20)28-22-16-8-10-18-26-22/h1-18H/b27-23+,28-24+. The number of hydrogen-bond acceptors (Lipinski definition) is 4. The fourth-order valence-corrected chi connectivity index (χ4v) is 2.77. The zero-order valence-corrected chi connectivity index (χ0v) is 15.2. The monoisotopic (exact) mass is 362 g/mol. The van der Waals surface area contributed by atoms with Crippen LogP contribution in [0.1, 0.15) is 11.1 Å². The largest absolute Gasteiger partial charge is 0.237 e. The molecule has 0 radical (unpaired) electrons. The van der Waals surface area contributed by atoms with Gasteiger partial charge >= 0.3 is 0 Å². The third-order valence-corrected chi connectivity index (χ3v) is 4.07. The molecule has 0 amide bonds. The zero-order chi connectivity index (χ0) is 19.0. The van der Waals surface area contributed by atoms with Gasteiger partial charge in [0, 0.05) is 23.5 Å². The van der Waals surface area contributed by atoms with Gasteiger partial charge in [-0.3, -0.25) is 0 Å². The van der Waals surface area contributed by atoms with Crippen molar-refractivity contribution in [2.24, 2.45) is 9.98 Å². The van der Waals surface area contributed by atoms with E-state index in [2.05, 4.69) is 9.97 Å². The Hall–Kier alpha value is -3.92. The number of hydrogen-bond donors (Lipinski definition) is 0. The van der Waals surface area contributed by atoms with Crippen LogP contribution in [-0.2, 0) is 0 Å². The van der Waals surface area contributed by atoms with Crippen LogP contribution in [0.15, 0.2) is 119 Å². The molecule has 2 heterocycles. The quantitative estimate of drug-likeness (QED) is 0.445. The van der Waals surface area contributed by atoms with Crippen LogP contribution in [0.2, 0.25) is 0 Å². The first-order valence-electron chi connectivity index (χ1n) is 9.01. The molecule has 4 rings (SSSR count). The first-order chi connectivity index (χ1) is 13.9. The average molecular weight is 362 g/mol. The molecular formula is C24H18N4. The van der Waals surface area contributed by atoms with Gasteiger partial charge in [-0.1, -0.05) is 72.8 Å². The van der Waals surface area contributed by atoms with Gasteiger partial charge in [0.05, 0.1) is 11.4 Å². The van der Waals surface area contributed by atoms with Gasteiger partial charge in [-0.15, -0.1) is 0 Å². The summed E-state index contributed by atoms with van der Waals surface area (Å²) in [5.41, 5.74) is 3.42. The number of aromatic nitrogens is 2. The lowest BCUT2D eigenvalue weighted by Gasteiger charge is -2.11. The van der Waals surface area contributed by atoms with Crippen molar-refractivity contribution < 1.29 is 0 Å². The van der Waals surface area contributed by atoms with Crippen LogP contribution >= 0.6 is 0 Å². The maximum Gasteiger partial charge on any atom is 0.152 e. The predicted octanol–water partition coefficient (Wildman–Crippen LogP) is 5.42. The fraction of sp³-hybridized carbons (Fsp3) is 0. The topological polar surface area (TPSA) is 50.5 Å². The maximum atomic E-state index is 4.85. The summed E-state index contributed by atoms with van der Waals surface area (Å²) >= 11 is 0. The Balaban J connectivity index is 1.94. The van der Waals surface area contributed by atoms with Gasteiger partial charge in [-0.05, 0) is 24.3 Å². The minimum atomic E-state index is 0.631. The van der Waals surface area contributed by atoms with Crippen molar-refractivity contribution in [1.29, 1.82) is 0 Å². The second kappa shape index (κ2) is 8.64. The number of pyridine rings is 2. The highest BCUT2D eigenvalue weighted by Gasteiger charge is 2.15. The van der Waals surface area contributed by atoms with E-state index in [4.69, 9.17) is 9.98 Å². The highest BCUT2D eigenvalue weighted by Crippen LogP contribution is 2.18. The second-order valence-corrected chi connectivity index (χ2v) is 6.03. The highest BCUT2D eigenvalue weighted by atomic mass is 14.9. The zero-order valence-electron chi connectivity index (χ0n) is 15.2. The molecule has 0 saturated carbocycles. The van der Waals surface area contributed by atoms with Crippen molar-refractivity contribution in [3.63, 3.8) is 0 Å². The van der Waals surface area contributed by atoms with Crippen LogP contribution in [0, 0.1) is 0 Å². The Morgan fingerprint density at radius 2 is 0.857 bits per heavy atom. The highest BCUT2D eigenvalue weighted by molar-refractivity contribution is 6.54. The molecule has 0 aliphatic heterocycles. The third-order valence-electron chi connectivity index (χ3n) is 4.07. The Morgan fingerprint density at radius 3 is 1.21 bits per heavy atom. The lowest BCUT2D eigenvalue weighted by Crippen LogP contribution is -2.17. The van der Waals surface area contributed by atoms with Gasteiger partial charge < -0.3 is 0 Å². The Kier molecular flexibility index (Phi) is 5.40. The van der Waals surface area contributed by atoms with E-state index in [-0.39, 0.29) is 0 Å². The Morgan fingerprint density at radius 1 is 0.464 bits per heavy atom. The molecule has 2 aromatic heterocycles. The minimum absolute atomic E-state index is 0.631. The number of rotatable bonds is 5. The molecule has 2 aromatic carbocycles. The second-order valence-electron chi connectivity index (χ2n) is 6.03. The van der Waals surface area contributed by atoms with Crippen LogP contribution in [0.5, 0.6) is 0 Å². The molecule has 0 N–H and O–H groups in total. The van der Waals surface area contributed by atoms with E-state index in [9.17, 15) is 0 Å². The molecule has 0 aliphatic rings. The summed E-state index contributed by atoms with van der Waals surface area (Å²) in [6, 6.07) is 31.4. The van der Waals surface area contributed by atoms with Gasteiger partial charge in [0.2, 0.25) is 0 Å². The Labute approximate surface area is 164 Å². The summed E-state index contributed by atoms with van der Waals surface area (Å²) in [6.45, 7) is 0. The molecule has 134 valence electrons. The SMILES string of the molecule is c1ccc(C(=N\c2ccccn2)/C(=N/c2ccccn2)c2ccccc2)cc1. The number of aliphatic imine (C=N–C) groups is 2. The molecule has 0 spiro atoms. The van der Waals surface area contributed by atoms with Crippen molar-refractivity contribution in [2.75, 3.05) is 0 Å². The normalized spacial score (nSPS) is 12.0. The van der Waals surface area contributed by atoms with Crippen molar-refractivity contribution >= 4 is 23.1 Å². The van der Waals surface area contributed by atoms with E-state index in [1.54, 1.807) is 12.4 Å². The summed E-state index contributed by atoms with van der Waals surface area (Å²) in [7, 11) is 0. The summed E-state index contributed by atoms with van der Waals surface area (Å²) in [4.78, 5) is 18.4. The third kappa shape index (κ3) is 4.24. The lowest BCUT2D eigenvalue weighted by molar-refractivity contribution is 1.26. The van der Waals surface area contributed by atoms with E-state index in [1.807, 2.05) is 97.1 Å². The molecule has 0 saturated heterocycles. The van der Waals surface area contributed by atoms with E-state index in [1.165, 1.54) is 0 Å². The number of nitrogens with zero attached hydrogens (tertiary/aromatic N) is 4. The molecule has 4 nitrogen and oxygen atoms in total. The van der Waals surface area contributed by atoms with E-state index in [0.29, 0.717) is 11.6 Å². The summed E-state index contributed by atoms with van der Waals surface area (Å²) < 4.78 is 0. The molecular weight excluding hydrogens is 344 g/mol. The average Bonchev–Trinajstić information content (AvgIpc) is 2.79. The molecule has 0 atom stereocenters. The molecule has 4 heteroatoms. The predicted molar refractivity (Wildman–Crippen MR) is 114 cm³/mol. The smallest absolute Gasteiger partial charge is 0.152 e. The van der Waals surface area contributed by atoms with Crippen LogP contribution in [-0.4, -0.2) is 21.4 Å². The number of benzene rings is 2. The first kappa shape index (κ1) is 17.5. The molecule has 0 unspecified atom stereocenters. The van der Waals surface area contributed by atoms with Crippen LogP contribution < -0.4 is 0 Å². The van der Waals surface area contributed by atoms with Gasteiger partial charge in [0.25, 0.3) is 0 Å². The summed E-state index contributed by atoms with van der Waals surface area (Å²) in [5, 5.41) is 0. The van der Waals surface area contributed by atoms with Crippen molar-refractivity contribution in [3.8, 4) is 0 Å². The van der Waals surface area contributed by atoms with Gasteiger partial charge in [-0.2, -0.15) is 0 Å². The minimum Gasteiger partial charge on any atom is -0.237 e. The summed E-state index contributed by atoms with van der Waals surface area (Å²) in [5.74, 6) is 1.26. The first-order valence-corrected chi connectivity index (χ1v) is 9.01. The van der Waals surface area contributed by atoms with Crippen LogP contribution in [0.3, 0.4) is 0 Å². The molecule has 28 heavy (non-hydrogen) atoms. The van der Waals surface area contributed by atoms with Crippen molar-refractivity contribution in [2.45, 2.75) is 0 Å². The molecule has 0 aliphatic carbocycles. The molecule has 0 fully saturated rings. The van der Waals surface area contributed by atoms with Crippen LogP contribution in [0.4, 0.5) is 11.6 Å². The van der Waals surface area contributed by atoms with Crippen LogP contribution in [0.25, 0.3) is 0 Å². The van der Waals surface area contributed by atoms with Crippen molar-refractivity contribution in [1.82, 2.24) is 9.97 Å². The lowest BCUT2D eigenvalue weighted by atomic mass is 9.99. The maximum absolute atomic E-state index is 4.85. The fourth-order valence-electron chi connectivity index (χ4n) is 2.77. The van der Waals surface area contributed by atoms with E-state index in [0.717, 1.165) is 22.6 Å². The van der Waals surface area contributed by atoms with Gasteiger partial charge in [0.1, 0.15) is 0 Å². The molecule has 4 aromatic rings. The van der Waals surface area contributed by atoms with Crippen molar-refractivity contribution in [3.05, 3.63) is 121 Å². The van der Waals surface area contributed by atoms with E-state index < -0.39 is 0 Å².